The van der Waals surface area contributed by atoms with Crippen LogP contribution in [0.1, 0.15) is 18.4 Å². The number of likely N-dealkylation sites (tertiary alicyclic amines) is 1. The molecule has 3 rings (SSSR count). The zero-order valence-electron chi connectivity index (χ0n) is 14.0. The summed E-state index contributed by atoms with van der Waals surface area (Å²) in [6, 6.07) is 11.9. The first-order valence-electron chi connectivity index (χ1n) is 8.47. The van der Waals surface area contributed by atoms with Crippen molar-refractivity contribution in [2.24, 2.45) is 0 Å². The Bertz CT molecular complexity index is 687. The molecule has 1 aromatic heterocycles. The van der Waals surface area contributed by atoms with Crippen LogP contribution in [0.4, 0.5) is 16.2 Å². The van der Waals surface area contributed by atoms with Crippen molar-refractivity contribution in [1.82, 2.24) is 15.2 Å². The topological polar surface area (TPSA) is 96.9 Å². The standard InChI is InChI=1S/C18H23N5O2/c24-18(21-16-6-9-19-12-17(16)22-25)20-15-7-10-23(11-8-15)13-14-4-2-1-3-5-14/h1-6,9,12,15H,7-8,10-11,13,22H2,(H2,19,20,21,24). The molecule has 1 saturated heterocycles. The minimum absolute atomic E-state index is 0.147. The molecule has 0 spiro atoms. The molecule has 1 aromatic carbocycles. The number of pyridine rings is 1. The van der Waals surface area contributed by atoms with Gasteiger partial charge in [-0.25, -0.2) is 4.79 Å². The van der Waals surface area contributed by atoms with Crippen molar-refractivity contribution in [3.05, 3.63) is 59.6 Å². The van der Waals surface area contributed by atoms with Crippen molar-refractivity contribution in [3.8, 4) is 0 Å². The summed E-state index contributed by atoms with van der Waals surface area (Å²) < 4.78 is 0. The van der Waals surface area contributed by atoms with Gasteiger partial charge in [0.2, 0.25) is 0 Å². The van der Waals surface area contributed by atoms with E-state index >= 15 is 0 Å². The molecule has 7 heteroatoms. The molecule has 4 N–H and O–H groups in total. The van der Waals surface area contributed by atoms with Gasteiger partial charge in [0.25, 0.3) is 0 Å². The molecule has 1 fully saturated rings. The van der Waals surface area contributed by atoms with E-state index in [9.17, 15) is 10.0 Å². The highest BCUT2D eigenvalue weighted by molar-refractivity contribution is 5.91. The molecule has 0 saturated carbocycles. The maximum absolute atomic E-state index is 12.1. The van der Waals surface area contributed by atoms with Gasteiger partial charge in [-0.2, -0.15) is 0 Å². The minimum Gasteiger partial charge on any atom is -0.630 e. The van der Waals surface area contributed by atoms with Crippen LogP contribution in [-0.4, -0.2) is 35.0 Å². The summed E-state index contributed by atoms with van der Waals surface area (Å²) in [5, 5.41) is 16.7. The number of urea groups is 1. The fraction of sp³-hybridized carbons (Fsp3) is 0.333. The highest BCUT2D eigenvalue weighted by atomic mass is 16.5. The van der Waals surface area contributed by atoms with E-state index in [4.69, 9.17) is 0 Å². The van der Waals surface area contributed by atoms with Gasteiger partial charge in [0.1, 0.15) is 5.69 Å². The third-order valence-corrected chi connectivity index (χ3v) is 4.40. The summed E-state index contributed by atoms with van der Waals surface area (Å²) in [5.74, 6) is 0. The number of aromatic nitrogens is 1. The van der Waals surface area contributed by atoms with Crippen molar-refractivity contribution in [2.45, 2.75) is 25.4 Å². The Kier molecular flexibility index (Phi) is 5.95. The molecule has 0 radical (unpaired) electrons. The predicted octanol–water partition coefficient (Wildman–Crippen LogP) is 1.56. The fourth-order valence-corrected chi connectivity index (χ4v) is 3.04. The number of carbonyl (C=O) groups is 1. The van der Waals surface area contributed by atoms with Gasteiger partial charge < -0.3 is 21.3 Å². The normalized spacial score (nSPS) is 15.7. The van der Waals surface area contributed by atoms with Crippen LogP contribution >= 0.6 is 0 Å². The number of carbonyl (C=O) groups excluding carboxylic acids is 1. The Morgan fingerprint density at radius 3 is 2.72 bits per heavy atom. The Morgan fingerprint density at radius 1 is 1.24 bits per heavy atom. The first kappa shape index (κ1) is 17.3. The van der Waals surface area contributed by atoms with Crippen LogP contribution in [0.3, 0.4) is 0 Å². The van der Waals surface area contributed by atoms with E-state index in [0.29, 0.717) is 16.9 Å². The second-order valence-electron chi connectivity index (χ2n) is 6.22. The van der Waals surface area contributed by atoms with Crippen LogP contribution in [0.25, 0.3) is 0 Å². The highest BCUT2D eigenvalue weighted by Crippen LogP contribution is 2.16. The van der Waals surface area contributed by atoms with Crippen LogP contribution in [0.15, 0.2) is 48.8 Å². The molecular formula is C18H23N5O2. The van der Waals surface area contributed by atoms with Gasteiger partial charge in [0, 0.05) is 31.9 Å². The SMILES string of the molecule is O=C(Nc1ccncc1[NH2+][O-])NC1CCN(Cc2ccccc2)CC1. The summed E-state index contributed by atoms with van der Waals surface area (Å²) in [4.78, 5) is 18.4. The van der Waals surface area contributed by atoms with E-state index in [2.05, 4.69) is 44.8 Å². The number of nitrogens with zero attached hydrogens (tertiary/aromatic N) is 2. The van der Waals surface area contributed by atoms with Gasteiger partial charge in [0.05, 0.1) is 6.20 Å². The number of anilines is 1. The van der Waals surface area contributed by atoms with Crippen LogP contribution in [0.5, 0.6) is 0 Å². The molecule has 0 atom stereocenters. The molecule has 0 aliphatic carbocycles. The Morgan fingerprint density at radius 2 is 2.00 bits per heavy atom. The van der Waals surface area contributed by atoms with Crippen molar-refractivity contribution >= 4 is 17.4 Å². The van der Waals surface area contributed by atoms with E-state index in [1.54, 1.807) is 12.3 Å². The smallest absolute Gasteiger partial charge is 0.319 e. The van der Waals surface area contributed by atoms with Gasteiger partial charge in [0.15, 0.2) is 5.69 Å². The zero-order chi connectivity index (χ0) is 17.5. The maximum Gasteiger partial charge on any atom is 0.319 e. The zero-order valence-corrected chi connectivity index (χ0v) is 14.0. The van der Waals surface area contributed by atoms with Gasteiger partial charge in [-0.3, -0.25) is 9.88 Å². The number of piperidine rings is 1. The highest BCUT2D eigenvalue weighted by Gasteiger charge is 2.21. The molecule has 0 unspecified atom stereocenters. The number of hydrogen-bond donors (Lipinski definition) is 3. The first-order chi connectivity index (χ1) is 12.2. The maximum atomic E-state index is 12.1. The molecule has 0 bridgehead atoms. The number of benzene rings is 1. The molecule has 25 heavy (non-hydrogen) atoms. The van der Waals surface area contributed by atoms with Crippen LogP contribution < -0.4 is 16.1 Å². The minimum atomic E-state index is -0.282. The Hall–Kier alpha value is -2.48. The molecular weight excluding hydrogens is 318 g/mol. The number of amides is 2. The molecule has 2 amide bonds. The summed E-state index contributed by atoms with van der Waals surface area (Å²) in [6.07, 6.45) is 4.81. The summed E-state index contributed by atoms with van der Waals surface area (Å²) in [6.45, 7) is 2.85. The largest absolute Gasteiger partial charge is 0.630 e. The third kappa shape index (κ3) is 4.99. The van der Waals surface area contributed by atoms with E-state index in [1.165, 1.54) is 11.8 Å². The van der Waals surface area contributed by atoms with Gasteiger partial charge in [-0.15, -0.1) is 0 Å². The summed E-state index contributed by atoms with van der Waals surface area (Å²) >= 11 is 0. The van der Waals surface area contributed by atoms with E-state index in [-0.39, 0.29) is 12.1 Å². The monoisotopic (exact) mass is 341 g/mol. The molecule has 1 aliphatic rings. The molecule has 7 nitrogen and oxygen atoms in total. The Labute approximate surface area is 147 Å². The number of rotatable bonds is 5. The molecule has 1 aliphatic heterocycles. The molecule has 2 aromatic rings. The second-order valence-corrected chi connectivity index (χ2v) is 6.22. The van der Waals surface area contributed by atoms with Crippen LogP contribution in [0, 0.1) is 5.21 Å². The third-order valence-electron chi connectivity index (χ3n) is 4.40. The van der Waals surface area contributed by atoms with Crippen molar-refractivity contribution < 1.29 is 10.3 Å². The lowest BCUT2D eigenvalue weighted by atomic mass is 10.0. The van der Waals surface area contributed by atoms with Crippen LogP contribution in [-0.2, 0) is 6.54 Å². The molecule has 132 valence electrons. The predicted molar refractivity (Wildman–Crippen MR) is 96.1 cm³/mol. The van der Waals surface area contributed by atoms with E-state index < -0.39 is 0 Å². The number of nitrogens with two attached hydrogens (primary N) is 1. The quantitative estimate of drug-likeness (QED) is 0.719. The average Bonchev–Trinajstić information content (AvgIpc) is 2.64. The summed E-state index contributed by atoms with van der Waals surface area (Å²) in [5.41, 5.74) is 2.84. The fourth-order valence-electron chi connectivity index (χ4n) is 3.04. The van der Waals surface area contributed by atoms with Crippen LogP contribution in [0.2, 0.25) is 0 Å². The van der Waals surface area contributed by atoms with Gasteiger partial charge in [-0.1, -0.05) is 30.3 Å². The van der Waals surface area contributed by atoms with Gasteiger partial charge in [-0.05, 0) is 24.5 Å². The van der Waals surface area contributed by atoms with Crippen molar-refractivity contribution in [2.75, 3.05) is 18.4 Å². The number of nitrogens with one attached hydrogen (secondary N) is 2. The second kappa shape index (κ2) is 8.57. The van der Waals surface area contributed by atoms with E-state index in [1.807, 2.05) is 6.07 Å². The van der Waals surface area contributed by atoms with Crippen molar-refractivity contribution in [1.29, 1.82) is 0 Å². The van der Waals surface area contributed by atoms with Gasteiger partial charge >= 0.3 is 6.03 Å². The number of quaternary nitrogens is 1. The summed E-state index contributed by atoms with van der Waals surface area (Å²) in [7, 11) is 0. The molecule has 2 heterocycles. The lowest BCUT2D eigenvalue weighted by Crippen LogP contribution is -2.70. The lowest BCUT2D eigenvalue weighted by Gasteiger charge is -2.32. The van der Waals surface area contributed by atoms with Crippen molar-refractivity contribution in [3.63, 3.8) is 0 Å². The number of hydrogen-bond acceptors (Lipinski definition) is 4. The Balaban J connectivity index is 1.45. The lowest BCUT2D eigenvalue weighted by molar-refractivity contribution is -0.496. The van der Waals surface area contributed by atoms with E-state index in [0.717, 1.165) is 32.5 Å². The average molecular weight is 341 g/mol. The first-order valence-corrected chi connectivity index (χ1v) is 8.47.